The fourth-order valence-corrected chi connectivity index (χ4v) is 6.96. The maximum Gasteiger partial charge on any atom is 0.0285 e. The molecule has 0 saturated heterocycles. The van der Waals surface area contributed by atoms with Gasteiger partial charge in [-0.2, -0.15) is 0 Å². The van der Waals surface area contributed by atoms with E-state index in [-0.39, 0.29) is 0 Å². The van der Waals surface area contributed by atoms with Crippen LogP contribution in [-0.4, -0.2) is 10.5 Å². The molecule has 0 aliphatic heterocycles. The topological polar surface area (TPSA) is 0 Å². The van der Waals surface area contributed by atoms with Crippen molar-refractivity contribution in [1.82, 2.24) is 0 Å². The third-order valence-electron chi connectivity index (χ3n) is 4.75. The monoisotopic (exact) mass is 436 g/mol. The Morgan fingerprint density at radius 3 is 1.59 bits per heavy atom. The molecule has 0 bridgehead atoms. The summed E-state index contributed by atoms with van der Waals surface area (Å²) in [7, 11) is 0. The lowest BCUT2D eigenvalue weighted by Gasteiger charge is -2.30. The summed E-state index contributed by atoms with van der Waals surface area (Å²) in [6.07, 6.45) is 2.29. The molecular formula is C26H28S3. The lowest BCUT2D eigenvalue weighted by molar-refractivity contribution is 0.653. The van der Waals surface area contributed by atoms with Crippen LogP contribution in [0.15, 0.2) is 117 Å². The third-order valence-corrected chi connectivity index (χ3v) is 9.11. The van der Waals surface area contributed by atoms with E-state index in [1.165, 1.54) is 19.6 Å². The molecule has 0 N–H and O–H groups in total. The molecule has 0 fully saturated rings. The van der Waals surface area contributed by atoms with Crippen molar-refractivity contribution in [3.63, 3.8) is 0 Å². The van der Waals surface area contributed by atoms with Crippen molar-refractivity contribution in [3.05, 3.63) is 102 Å². The van der Waals surface area contributed by atoms with E-state index in [1.54, 1.807) is 0 Å². The van der Waals surface area contributed by atoms with Crippen LogP contribution in [0.4, 0.5) is 0 Å². The quantitative estimate of drug-likeness (QED) is 0.308. The van der Waals surface area contributed by atoms with Crippen molar-refractivity contribution in [2.24, 2.45) is 5.92 Å². The third kappa shape index (κ3) is 6.74. The summed E-state index contributed by atoms with van der Waals surface area (Å²) in [5.41, 5.74) is 0. The number of hydrogen-bond acceptors (Lipinski definition) is 3. The minimum Gasteiger partial charge on any atom is -0.122 e. The van der Waals surface area contributed by atoms with Gasteiger partial charge in [-0.1, -0.05) is 86.3 Å². The molecule has 0 aliphatic rings. The van der Waals surface area contributed by atoms with Crippen LogP contribution in [0, 0.1) is 5.92 Å². The standard InChI is InChI=1S/C26H28S3/c1-4-25(28-23-16-10-6-11-17-23)20(2)26(29-24-18-12-7-13-19-24)21(3)27-22-14-8-5-9-15-22/h4-21,26H,1-3H3/b25-4-/t20-,21+,26-/m1/s1. The molecule has 3 rings (SSSR count). The van der Waals surface area contributed by atoms with Gasteiger partial charge in [-0.25, -0.2) is 0 Å². The molecule has 0 radical (unpaired) electrons. The van der Waals surface area contributed by atoms with Gasteiger partial charge in [0.05, 0.1) is 0 Å². The summed E-state index contributed by atoms with van der Waals surface area (Å²) in [5.74, 6) is 0.446. The van der Waals surface area contributed by atoms with Crippen LogP contribution >= 0.6 is 35.3 Å². The molecule has 0 amide bonds. The molecule has 29 heavy (non-hydrogen) atoms. The second-order valence-corrected chi connectivity index (χ2v) is 10.8. The van der Waals surface area contributed by atoms with Gasteiger partial charge in [-0.05, 0) is 48.2 Å². The van der Waals surface area contributed by atoms with E-state index in [1.807, 2.05) is 35.3 Å². The number of rotatable bonds is 9. The molecule has 3 atom stereocenters. The van der Waals surface area contributed by atoms with E-state index >= 15 is 0 Å². The van der Waals surface area contributed by atoms with Crippen molar-refractivity contribution >= 4 is 35.3 Å². The molecule has 3 aromatic rings. The Morgan fingerprint density at radius 1 is 0.655 bits per heavy atom. The molecule has 0 nitrogen and oxygen atoms in total. The summed E-state index contributed by atoms with van der Waals surface area (Å²) in [5, 5.41) is 0.939. The van der Waals surface area contributed by atoms with E-state index in [2.05, 4.69) is 118 Å². The van der Waals surface area contributed by atoms with Crippen LogP contribution in [0.2, 0.25) is 0 Å². The van der Waals surface area contributed by atoms with Gasteiger partial charge < -0.3 is 0 Å². The summed E-state index contributed by atoms with van der Waals surface area (Å²) in [6.45, 7) is 6.92. The van der Waals surface area contributed by atoms with Gasteiger partial charge in [0, 0.05) is 31.1 Å². The summed E-state index contributed by atoms with van der Waals surface area (Å²) < 4.78 is 0. The zero-order valence-electron chi connectivity index (χ0n) is 17.2. The predicted octanol–water partition coefficient (Wildman–Crippen LogP) is 8.66. The van der Waals surface area contributed by atoms with Gasteiger partial charge in [-0.15, -0.1) is 23.5 Å². The van der Waals surface area contributed by atoms with Gasteiger partial charge in [0.2, 0.25) is 0 Å². The molecular weight excluding hydrogens is 408 g/mol. The molecule has 0 aliphatic carbocycles. The van der Waals surface area contributed by atoms with Gasteiger partial charge in [0.25, 0.3) is 0 Å². The highest BCUT2D eigenvalue weighted by molar-refractivity contribution is 8.04. The predicted molar refractivity (Wildman–Crippen MR) is 133 cm³/mol. The van der Waals surface area contributed by atoms with Gasteiger partial charge in [0.15, 0.2) is 0 Å². The Hall–Kier alpha value is -1.55. The number of allylic oxidation sites excluding steroid dienone is 2. The summed E-state index contributed by atoms with van der Waals surface area (Å²) in [6, 6.07) is 32.3. The van der Waals surface area contributed by atoms with Crippen LogP contribution < -0.4 is 0 Å². The fourth-order valence-electron chi connectivity index (χ4n) is 3.24. The van der Waals surface area contributed by atoms with Crippen molar-refractivity contribution in [3.8, 4) is 0 Å². The largest absolute Gasteiger partial charge is 0.122 e. The molecule has 0 spiro atoms. The SMILES string of the molecule is C/C=C(\Sc1ccccc1)[C@@H](C)[C@@H](Sc1ccccc1)[C@H](C)Sc1ccccc1. The number of hydrogen-bond donors (Lipinski definition) is 0. The van der Waals surface area contributed by atoms with Crippen molar-refractivity contribution in [2.45, 2.75) is 46.0 Å². The average Bonchev–Trinajstić information content (AvgIpc) is 2.77. The first kappa shape index (κ1) is 22.1. The van der Waals surface area contributed by atoms with Gasteiger partial charge in [0.1, 0.15) is 0 Å². The zero-order valence-corrected chi connectivity index (χ0v) is 19.6. The Balaban J connectivity index is 1.82. The second kappa shape index (κ2) is 11.6. The van der Waals surface area contributed by atoms with Crippen molar-refractivity contribution in [2.75, 3.05) is 0 Å². The molecule has 0 heterocycles. The Bertz CT molecular complexity index is 876. The normalized spacial score (nSPS) is 14.9. The molecule has 0 aromatic heterocycles. The van der Waals surface area contributed by atoms with E-state index in [9.17, 15) is 0 Å². The van der Waals surface area contributed by atoms with Crippen molar-refractivity contribution < 1.29 is 0 Å². The van der Waals surface area contributed by atoms with E-state index in [4.69, 9.17) is 0 Å². The number of benzene rings is 3. The molecule has 150 valence electrons. The van der Waals surface area contributed by atoms with Gasteiger partial charge >= 0.3 is 0 Å². The Morgan fingerprint density at radius 2 is 1.10 bits per heavy atom. The maximum atomic E-state index is 2.38. The minimum atomic E-state index is 0.446. The first-order valence-electron chi connectivity index (χ1n) is 10.00. The Kier molecular flexibility index (Phi) is 8.85. The minimum absolute atomic E-state index is 0.446. The first-order chi connectivity index (χ1) is 14.2. The summed E-state index contributed by atoms with van der Waals surface area (Å²) in [4.78, 5) is 5.41. The van der Waals surface area contributed by atoms with E-state index in [0.717, 1.165) is 0 Å². The van der Waals surface area contributed by atoms with Crippen LogP contribution in [0.25, 0.3) is 0 Å². The summed E-state index contributed by atoms with van der Waals surface area (Å²) >= 11 is 5.88. The first-order valence-corrected chi connectivity index (χ1v) is 12.6. The van der Waals surface area contributed by atoms with E-state index < -0.39 is 0 Å². The lowest BCUT2D eigenvalue weighted by atomic mass is 10.0. The highest BCUT2D eigenvalue weighted by atomic mass is 32.2. The average molecular weight is 437 g/mol. The zero-order chi connectivity index (χ0) is 20.5. The second-order valence-electron chi connectivity index (χ2n) is 6.93. The van der Waals surface area contributed by atoms with E-state index in [0.29, 0.717) is 16.4 Å². The van der Waals surface area contributed by atoms with Crippen LogP contribution in [0.1, 0.15) is 20.8 Å². The smallest absolute Gasteiger partial charge is 0.0285 e. The molecule has 0 unspecified atom stereocenters. The Labute approximate surface area is 188 Å². The number of thioether (sulfide) groups is 3. The maximum absolute atomic E-state index is 2.38. The molecule has 0 saturated carbocycles. The van der Waals surface area contributed by atoms with Crippen LogP contribution in [0.3, 0.4) is 0 Å². The molecule has 3 aromatic carbocycles. The van der Waals surface area contributed by atoms with Crippen LogP contribution in [-0.2, 0) is 0 Å². The van der Waals surface area contributed by atoms with Crippen LogP contribution in [0.5, 0.6) is 0 Å². The molecule has 3 heteroatoms. The highest BCUT2D eigenvalue weighted by Gasteiger charge is 2.28. The fraction of sp³-hybridized carbons (Fsp3) is 0.231. The van der Waals surface area contributed by atoms with Gasteiger partial charge in [-0.3, -0.25) is 0 Å². The highest BCUT2D eigenvalue weighted by Crippen LogP contribution is 2.43. The lowest BCUT2D eigenvalue weighted by Crippen LogP contribution is -2.25. The van der Waals surface area contributed by atoms with Crippen molar-refractivity contribution in [1.29, 1.82) is 0 Å².